The molecular weight excluding hydrogens is 164 g/mol. The second-order valence-electron chi connectivity index (χ2n) is 3.87. The van der Waals surface area contributed by atoms with E-state index >= 15 is 0 Å². The van der Waals surface area contributed by atoms with E-state index in [1.165, 1.54) is 12.8 Å². The van der Waals surface area contributed by atoms with Crippen molar-refractivity contribution in [1.29, 1.82) is 0 Å². The summed E-state index contributed by atoms with van der Waals surface area (Å²) in [7, 11) is 0. The standard InChI is InChI=1S/C11H24O2/c1-5-6-7-8-12-11(4)13-9-10(2)3/h10-11H,5-9H2,1-4H3. The first kappa shape index (κ1) is 12.9. The molecule has 2 heteroatoms. The van der Waals surface area contributed by atoms with Crippen molar-refractivity contribution in [1.82, 2.24) is 0 Å². The van der Waals surface area contributed by atoms with Crippen LogP contribution in [0.15, 0.2) is 0 Å². The Morgan fingerprint density at radius 1 is 1.00 bits per heavy atom. The lowest BCUT2D eigenvalue weighted by Crippen LogP contribution is -2.16. The Morgan fingerprint density at radius 3 is 2.23 bits per heavy atom. The predicted molar refractivity (Wildman–Crippen MR) is 55.7 cm³/mol. The van der Waals surface area contributed by atoms with Crippen LogP contribution in [0.5, 0.6) is 0 Å². The minimum atomic E-state index is -0.0424. The molecule has 0 heterocycles. The van der Waals surface area contributed by atoms with Crippen LogP contribution in [-0.4, -0.2) is 19.5 Å². The topological polar surface area (TPSA) is 18.5 Å². The first-order chi connectivity index (χ1) is 6.16. The van der Waals surface area contributed by atoms with Crippen LogP contribution in [0.3, 0.4) is 0 Å². The third-order valence-corrected chi connectivity index (χ3v) is 1.76. The van der Waals surface area contributed by atoms with Crippen LogP contribution in [0.4, 0.5) is 0 Å². The minimum absolute atomic E-state index is 0.0424. The number of unbranched alkanes of at least 4 members (excludes halogenated alkanes) is 2. The van der Waals surface area contributed by atoms with E-state index in [4.69, 9.17) is 9.47 Å². The molecule has 0 saturated carbocycles. The Balaban J connectivity index is 3.15. The van der Waals surface area contributed by atoms with E-state index in [0.29, 0.717) is 5.92 Å². The molecule has 0 bridgehead atoms. The first-order valence-corrected chi connectivity index (χ1v) is 5.40. The molecular formula is C11H24O2. The van der Waals surface area contributed by atoms with Gasteiger partial charge in [0.2, 0.25) is 0 Å². The molecule has 0 saturated heterocycles. The average Bonchev–Trinajstić information content (AvgIpc) is 2.09. The molecule has 0 aromatic rings. The maximum atomic E-state index is 5.47. The van der Waals surface area contributed by atoms with Crippen molar-refractivity contribution in [3.8, 4) is 0 Å². The van der Waals surface area contributed by atoms with Crippen molar-refractivity contribution in [2.45, 2.75) is 53.2 Å². The molecule has 0 fully saturated rings. The predicted octanol–water partition coefficient (Wildman–Crippen LogP) is 3.21. The van der Waals surface area contributed by atoms with E-state index < -0.39 is 0 Å². The van der Waals surface area contributed by atoms with Crippen LogP contribution in [-0.2, 0) is 9.47 Å². The Hall–Kier alpha value is -0.0800. The molecule has 0 aromatic heterocycles. The molecule has 1 unspecified atom stereocenters. The van der Waals surface area contributed by atoms with Crippen molar-refractivity contribution in [3.05, 3.63) is 0 Å². The third-order valence-electron chi connectivity index (χ3n) is 1.76. The molecule has 80 valence electrons. The van der Waals surface area contributed by atoms with Gasteiger partial charge in [0.15, 0.2) is 6.29 Å². The number of hydrogen-bond donors (Lipinski definition) is 0. The van der Waals surface area contributed by atoms with E-state index in [9.17, 15) is 0 Å². The van der Waals surface area contributed by atoms with Crippen molar-refractivity contribution < 1.29 is 9.47 Å². The summed E-state index contributed by atoms with van der Waals surface area (Å²) in [6.45, 7) is 10.1. The molecule has 0 amide bonds. The summed E-state index contributed by atoms with van der Waals surface area (Å²) in [5.74, 6) is 0.585. The van der Waals surface area contributed by atoms with Gasteiger partial charge in [-0.25, -0.2) is 0 Å². The van der Waals surface area contributed by atoms with Crippen LogP contribution in [0, 0.1) is 5.92 Å². The third kappa shape index (κ3) is 9.84. The van der Waals surface area contributed by atoms with Gasteiger partial charge in [0.1, 0.15) is 0 Å². The average molecular weight is 188 g/mol. The number of hydrogen-bond acceptors (Lipinski definition) is 2. The van der Waals surface area contributed by atoms with Gasteiger partial charge in [0.25, 0.3) is 0 Å². The minimum Gasteiger partial charge on any atom is -0.353 e. The molecule has 2 nitrogen and oxygen atoms in total. The molecule has 0 aliphatic heterocycles. The van der Waals surface area contributed by atoms with E-state index in [-0.39, 0.29) is 6.29 Å². The quantitative estimate of drug-likeness (QED) is 0.430. The van der Waals surface area contributed by atoms with Gasteiger partial charge in [0, 0.05) is 6.61 Å². The lowest BCUT2D eigenvalue weighted by Gasteiger charge is -2.15. The van der Waals surface area contributed by atoms with Gasteiger partial charge in [-0.3, -0.25) is 0 Å². The van der Waals surface area contributed by atoms with Gasteiger partial charge < -0.3 is 9.47 Å². The maximum absolute atomic E-state index is 5.47. The van der Waals surface area contributed by atoms with Crippen molar-refractivity contribution in [2.24, 2.45) is 5.92 Å². The molecule has 0 aromatic carbocycles. The fourth-order valence-corrected chi connectivity index (χ4v) is 0.977. The summed E-state index contributed by atoms with van der Waals surface area (Å²) in [6.07, 6.45) is 3.59. The lowest BCUT2D eigenvalue weighted by molar-refractivity contribution is -0.137. The van der Waals surface area contributed by atoms with Gasteiger partial charge in [0.05, 0.1) is 6.61 Å². The SMILES string of the molecule is CCCCCOC(C)OCC(C)C. The fourth-order valence-electron chi connectivity index (χ4n) is 0.977. The highest BCUT2D eigenvalue weighted by atomic mass is 16.7. The van der Waals surface area contributed by atoms with Crippen LogP contribution >= 0.6 is 0 Å². The van der Waals surface area contributed by atoms with Crippen molar-refractivity contribution in [3.63, 3.8) is 0 Å². The summed E-state index contributed by atoms with van der Waals surface area (Å²) in [4.78, 5) is 0. The molecule has 0 N–H and O–H groups in total. The zero-order valence-electron chi connectivity index (χ0n) is 9.51. The summed E-state index contributed by atoms with van der Waals surface area (Å²) in [5, 5.41) is 0. The molecule has 13 heavy (non-hydrogen) atoms. The highest BCUT2D eigenvalue weighted by molar-refractivity contribution is 4.42. The van der Waals surface area contributed by atoms with Gasteiger partial charge in [-0.2, -0.15) is 0 Å². The highest BCUT2D eigenvalue weighted by Gasteiger charge is 2.02. The van der Waals surface area contributed by atoms with E-state index in [1.54, 1.807) is 0 Å². The number of rotatable bonds is 8. The van der Waals surface area contributed by atoms with Crippen molar-refractivity contribution >= 4 is 0 Å². The zero-order valence-corrected chi connectivity index (χ0v) is 9.51. The Bertz CT molecular complexity index is 102. The van der Waals surface area contributed by atoms with Crippen LogP contribution in [0.25, 0.3) is 0 Å². The second-order valence-corrected chi connectivity index (χ2v) is 3.87. The second kappa shape index (κ2) is 8.52. The Kier molecular flexibility index (Phi) is 8.46. The summed E-state index contributed by atoms with van der Waals surface area (Å²) in [6, 6.07) is 0. The highest BCUT2D eigenvalue weighted by Crippen LogP contribution is 2.01. The Morgan fingerprint density at radius 2 is 1.69 bits per heavy atom. The number of ether oxygens (including phenoxy) is 2. The van der Waals surface area contributed by atoms with Crippen LogP contribution in [0.2, 0.25) is 0 Å². The first-order valence-electron chi connectivity index (χ1n) is 5.40. The van der Waals surface area contributed by atoms with E-state index in [2.05, 4.69) is 20.8 Å². The van der Waals surface area contributed by atoms with E-state index in [0.717, 1.165) is 19.6 Å². The van der Waals surface area contributed by atoms with Gasteiger partial charge in [-0.15, -0.1) is 0 Å². The normalized spacial score (nSPS) is 13.6. The smallest absolute Gasteiger partial charge is 0.154 e. The summed E-state index contributed by atoms with van der Waals surface area (Å²) in [5.41, 5.74) is 0. The van der Waals surface area contributed by atoms with Crippen LogP contribution in [0.1, 0.15) is 47.0 Å². The summed E-state index contributed by atoms with van der Waals surface area (Å²) < 4.78 is 10.9. The van der Waals surface area contributed by atoms with Gasteiger partial charge >= 0.3 is 0 Å². The molecule has 0 aliphatic rings. The molecule has 0 spiro atoms. The molecule has 0 radical (unpaired) electrons. The van der Waals surface area contributed by atoms with Crippen molar-refractivity contribution in [2.75, 3.05) is 13.2 Å². The van der Waals surface area contributed by atoms with E-state index in [1.807, 2.05) is 6.92 Å². The Labute approximate surface area is 82.6 Å². The molecule has 0 aliphatic carbocycles. The monoisotopic (exact) mass is 188 g/mol. The fraction of sp³-hybridized carbons (Fsp3) is 1.00. The van der Waals surface area contributed by atoms with Gasteiger partial charge in [-0.1, -0.05) is 33.6 Å². The lowest BCUT2D eigenvalue weighted by atomic mass is 10.2. The largest absolute Gasteiger partial charge is 0.353 e. The van der Waals surface area contributed by atoms with Gasteiger partial charge in [-0.05, 0) is 19.3 Å². The molecule has 1 atom stereocenters. The molecule has 0 rings (SSSR count). The maximum Gasteiger partial charge on any atom is 0.154 e. The summed E-state index contributed by atoms with van der Waals surface area (Å²) >= 11 is 0. The zero-order chi connectivity index (χ0) is 10.1. The van der Waals surface area contributed by atoms with Crippen LogP contribution < -0.4 is 0 Å².